The SMILES string of the molecule is CC1CCCC(CCNS(=O)(=O)c2ccc(Cl)c(Br)c2)C1. The summed E-state index contributed by atoms with van der Waals surface area (Å²) in [5, 5.41) is 0.505. The highest BCUT2D eigenvalue weighted by atomic mass is 79.9. The van der Waals surface area contributed by atoms with Crippen molar-refractivity contribution in [3.05, 3.63) is 27.7 Å². The predicted molar refractivity (Wildman–Crippen MR) is 90.1 cm³/mol. The highest BCUT2D eigenvalue weighted by Crippen LogP contribution is 2.30. The molecule has 0 heterocycles. The monoisotopic (exact) mass is 393 g/mol. The highest BCUT2D eigenvalue weighted by molar-refractivity contribution is 9.10. The molecule has 1 aromatic carbocycles. The van der Waals surface area contributed by atoms with Gasteiger partial charge in [-0.3, -0.25) is 0 Å². The van der Waals surface area contributed by atoms with E-state index in [2.05, 4.69) is 27.6 Å². The minimum atomic E-state index is -3.45. The van der Waals surface area contributed by atoms with Crippen LogP contribution in [-0.2, 0) is 10.0 Å². The predicted octanol–water partition coefficient (Wildman–Crippen LogP) is 4.60. The van der Waals surface area contributed by atoms with Crippen molar-refractivity contribution in [3.8, 4) is 0 Å². The number of sulfonamides is 1. The molecule has 0 amide bonds. The Bertz CT molecular complexity index is 591. The van der Waals surface area contributed by atoms with Gasteiger partial charge in [0.15, 0.2) is 0 Å². The van der Waals surface area contributed by atoms with Gasteiger partial charge in [0.25, 0.3) is 0 Å². The van der Waals surface area contributed by atoms with E-state index in [0.29, 0.717) is 22.0 Å². The molecule has 3 nitrogen and oxygen atoms in total. The molecule has 2 unspecified atom stereocenters. The van der Waals surface area contributed by atoms with Crippen LogP contribution in [0.25, 0.3) is 0 Å². The van der Waals surface area contributed by atoms with Crippen molar-refractivity contribution in [3.63, 3.8) is 0 Å². The molecular weight excluding hydrogens is 374 g/mol. The number of halogens is 2. The largest absolute Gasteiger partial charge is 0.240 e. The van der Waals surface area contributed by atoms with Gasteiger partial charge in [-0.05, 0) is 58.8 Å². The molecule has 0 spiro atoms. The second-order valence-corrected chi connectivity index (χ2v) is 8.93. The molecule has 1 aromatic rings. The summed E-state index contributed by atoms with van der Waals surface area (Å²) in [5.41, 5.74) is 0. The van der Waals surface area contributed by atoms with Crippen LogP contribution < -0.4 is 4.72 Å². The smallest absolute Gasteiger partial charge is 0.211 e. The molecule has 2 rings (SSSR count). The van der Waals surface area contributed by atoms with E-state index in [1.54, 1.807) is 6.07 Å². The molecule has 1 saturated carbocycles. The van der Waals surface area contributed by atoms with E-state index >= 15 is 0 Å². The molecule has 6 heteroatoms. The summed E-state index contributed by atoms with van der Waals surface area (Å²) >= 11 is 9.14. The zero-order valence-electron chi connectivity index (χ0n) is 12.1. The first-order valence-electron chi connectivity index (χ1n) is 7.33. The van der Waals surface area contributed by atoms with Crippen molar-refractivity contribution >= 4 is 37.6 Å². The molecule has 0 radical (unpaired) electrons. The van der Waals surface area contributed by atoms with E-state index in [0.717, 1.165) is 12.3 Å². The van der Waals surface area contributed by atoms with Crippen LogP contribution in [0.15, 0.2) is 27.6 Å². The van der Waals surface area contributed by atoms with Crippen molar-refractivity contribution in [2.75, 3.05) is 6.54 Å². The van der Waals surface area contributed by atoms with E-state index < -0.39 is 10.0 Å². The maximum Gasteiger partial charge on any atom is 0.240 e. The summed E-state index contributed by atoms with van der Waals surface area (Å²) in [7, 11) is -3.45. The van der Waals surface area contributed by atoms with Gasteiger partial charge in [0.2, 0.25) is 10.0 Å². The summed E-state index contributed by atoms with van der Waals surface area (Å²) in [6.45, 7) is 2.78. The lowest BCUT2D eigenvalue weighted by Crippen LogP contribution is -2.27. The van der Waals surface area contributed by atoms with Gasteiger partial charge in [0.1, 0.15) is 0 Å². The molecule has 2 atom stereocenters. The molecule has 0 aliphatic heterocycles. The summed E-state index contributed by atoms with van der Waals surface area (Å²) < 4.78 is 27.7. The van der Waals surface area contributed by atoms with E-state index in [-0.39, 0.29) is 4.90 Å². The quantitative estimate of drug-likeness (QED) is 0.793. The van der Waals surface area contributed by atoms with Crippen LogP contribution in [0.1, 0.15) is 39.0 Å². The van der Waals surface area contributed by atoms with E-state index in [4.69, 9.17) is 11.6 Å². The Balaban J connectivity index is 1.90. The van der Waals surface area contributed by atoms with E-state index in [1.807, 2.05) is 0 Å². The fourth-order valence-electron chi connectivity index (χ4n) is 2.95. The van der Waals surface area contributed by atoms with Crippen molar-refractivity contribution in [1.82, 2.24) is 4.72 Å². The first-order valence-corrected chi connectivity index (χ1v) is 9.98. The number of hydrogen-bond donors (Lipinski definition) is 1. The van der Waals surface area contributed by atoms with E-state index in [1.165, 1.54) is 37.8 Å². The Labute approximate surface area is 140 Å². The lowest BCUT2D eigenvalue weighted by Gasteiger charge is -2.26. The minimum Gasteiger partial charge on any atom is -0.211 e. The van der Waals surface area contributed by atoms with Gasteiger partial charge in [0.05, 0.1) is 9.92 Å². The van der Waals surface area contributed by atoms with Gasteiger partial charge < -0.3 is 0 Å². The van der Waals surface area contributed by atoms with E-state index in [9.17, 15) is 8.42 Å². The van der Waals surface area contributed by atoms with Crippen molar-refractivity contribution < 1.29 is 8.42 Å². The zero-order chi connectivity index (χ0) is 15.5. The summed E-state index contributed by atoms with van der Waals surface area (Å²) in [6.07, 6.45) is 5.93. The summed E-state index contributed by atoms with van der Waals surface area (Å²) in [5.74, 6) is 1.42. The van der Waals surface area contributed by atoms with Gasteiger partial charge in [-0.25, -0.2) is 13.1 Å². The number of hydrogen-bond acceptors (Lipinski definition) is 2. The van der Waals surface area contributed by atoms with Crippen LogP contribution >= 0.6 is 27.5 Å². The summed E-state index contributed by atoms with van der Waals surface area (Å²) in [6, 6.07) is 4.65. The summed E-state index contributed by atoms with van der Waals surface area (Å²) in [4.78, 5) is 0.246. The second-order valence-electron chi connectivity index (χ2n) is 5.90. The molecule has 21 heavy (non-hydrogen) atoms. The lowest BCUT2D eigenvalue weighted by atomic mass is 9.81. The lowest BCUT2D eigenvalue weighted by molar-refractivity contribution is 0.271. The fourth-order valence-corrected chi connectivity index (χ4v) is 4.67. The molecular formula is C15H21BrClNO2S. The minimum absolute atomic E-state index is 0.246. The molecule has 118 valence electrons. The van der Waals surface area contributed by atoms with Crippen LogP contribution in [0.3, 0.4) is 0 Å². The van der Waals surface area contributed by atoms with Crippen LogP contribution in [0.4, 0.5) is 0 Å². The fraction of sp³-hybridized carbons (Fsp3) is 0.600. The van der Waals surface area contributed by atoms with Gasteiger partial charge in [0, 0.05) is 11.0 Å². The molecule has 1 aliphatic carbocycles. The number of nitrogens with one attached hydrogen (secondary N) is 1. The third-order valence-corrected chi connectivity index (χ3v) is 6.76. The maximum atomic E-state index is 12.2. The Morgan fingerprint density at radius 3 is 2.81 bits per heavy atom. The molecule has 0 aromatic heterocycles. The zero-order valence-corrected chi connectivity index (χ0v) is 15.3. The Morgan fingerprint density at radius 1 is 1.38 bits per heavy atom. The first kappa shape index (κ1) is 17.3. The van der Waals surface area contributed by atoms with Crippen molar-refractivity contribution in [2.45, 2.75) is 43.9 Å². The Morgan fingerprint density at radius 2 is 2.14 bits per heavy atom. The molecule has 1 fully saturated rings. The molecule has 1 aliphatic rings. The van der Waals surface area contributed by atoms with Gasteiger partial charge >= 0.3 is 0 Å². The third kappa shape index (κ3) is 4.95. The molecule has 1 N–H and O–H groups in total. The van der Waals surface area contributed by atoms with Crippen LogP contribution in [0, 0.1) is 11.8 Å². The van der Waals surface area contributed by atoms with Crippen LogP contribution in [-0.4, -0.2) is 15.0 Å². The first-order chi connectivity index (χ1) is 9.88. The maximum absolute atomic E-state index is 12.2. The number of benzene rings is 1. The Kier molecular flexibility index (Phi) is 6.12. The average Bonchev–Trinajstić information content (AvgIpc) is 2.41. The standard InChI is InChI=1S/C15H21BrClNO2S/c1-11-3-2-4-12(9-11)7-8-18-21(19,20)13-5-6-15(17)14(16)10-13/h5-6,10-12,18H,2-4,7-9H2,1H3. The normalized spacial score (nSPS) is 23.2. The van der Waals surface area contributed by atoms with Crippen molar-refractivity contribution in [1.29, 1.82) is 0 Å². The van der Waals surface area contributed by atoms with Crippen molar-refractivity contribution in [2.24, 2.45) is 11.8 Å². The molecule has 0 bridgehead atoms. The van der Waals surface area contributed by atoms with Gasteiger partial charge in [-0.15, -0.1) is 0 Å². The highest BCUT2D eigenvalue weighted by Gasteiger charge is 2.20. The van der Waals surface area contributed by atoms with Gasteiger partial charge in [-0.1, -0.05) is 37.8 Å². The van der Waals surface area contributed by atoms with Crippen LogP contribution in [0.5, 0.6) is 0 Å². The number of rotatable bonds is 5. The Hall–Kier alpha value is -0.100. The second kappa shape index (κ2) is 7.44. The topological polar surface area (TPSA) is 46.2 Å². The van der Waals surface area contributed by atoms with Gasteiger partial charge in [-0.2, -0.15) is 0 Å². The third-order valence-electron chi connectivity index (χ3n) is 4.09. The average molecular weight is 395 g/mol. The van der Waals surface area contributed by atoms with Crippen LogP contribution in [0.2, 0.25) is 5.02 Å². The molecule has 0 saturated heterocycles.